The Hall–Kier alpha value is -3.03. The number of hydrogen-bond donors (Lipinski definition) is 2. The zero-order valence-electron chi connectivity index (χ0n) is 10.4. The van der Waals surface area contributed by atoms with Crippen LogP contribution in [0, 0.1) is 0 Å². The Labute approximate surface area is 113 Å². The number of rotatable bonds is 3. The lowest BCUT2D eigenvalue weighted by molar-refractivity contribution is -0.116. The number of nitrogens with zero attached hydrogens (tertiary/aromatic N) is 5. The maximum Gasteiger partial charge on any atom is 0.246 e. The number of fused-ring (bicyclic) bond motifs is 1. The Morgan fingerprint density at radius 1 is 1.20 bits per heavy atom. The topological polar surface area (TPSA) is 112 Å². The van der Waals surface area contributed by atoms with Gasteiger partial charge in [-0.3, -0.25) is 14.8 Å². The molecule has 8 heteroatoms. The largest absolute Gasteiger partial charge is 0.367 e. The van der Waals surface area contributed by atoms with Crippen LogP contribution in [0.5, 0.6) is 0 Å². The molecule has 20 heavy (non-hydrogen) atoms. The number of benzene rings is 1. The number of carbonyl (C=O) groups excluding carboxylic acids is 1. The highest BCUT2D eigenvalue weighted by atomic mass is 16.2. The summed E-state index contributed by atoms with van der Waals surface area (Å²) in [5, 5.41) is 6.60. The summed E-state index contributed by atoms with van der Waals surface area (Å²) in [5.74, 6) is -0.0862. The van der Waals surface area contributed by atoms with E-state index in [-0.39, 0.29) is 18.4 Å². The van der Waals surface area contributed by atoms with E-state index in [2.05, 4.69) is 25.4 Å². The molecular weight excluding hydrogens is 258 g/mol. The summed E-state index contributed by atoms with van der Waals surface area (Å²) < 4.78 is 1.37. The van der Waals surface area contributed by atoms with Gasteiger partial charge < -0.3 is 11.1 Å². The second-order valence-corrected chi connectivity index (χ2v) is 4.11. The fraction of sp³-hybridized carbons (Fsp3) is 0.0833. The van der Waals surface area contributed by atoms with Gasteiger partial charge in [0.2, 0.25) is 11.9 Å². The molecule has 8 nitrogen and oxygen atoms in total. The lowest BCUT2D eigenvalue weighted by atomic mass is 10.2. The number of nitrogens with one attached hydrogen (secondary N) is 1. The van der Waals surface area contributed by atoms with Gasteiger partial charge >= 0.3 is 0 Å². The van der Waals surface area contributed by atoms with Crippen molar-refractivity contribution >= 4 is 28.6 Å². The Balaban J connectivity index is 1.73. The molecule has 0 fully saturated rings. The second kappa shape index (κ2) is 4.92. The van der Waals surface area contributed by atoms with Gasteiger partial charge in [0.05, 0.1) is 11.0 Å². The number of carbonyl (C=O) groups is 1. The van der Waals surface area contributed by atoms with Crippen LogP contribution in [0.25, 0.3) is 11.0 Å². The van der Waals surface area contributed by atoms with E-state index < -0.39 is 0 Å². The molecule has 0 saturated heterocycles. The highest BCUT2D eigenvalue weighted by Crippen LogP contribution is 2.14. The van der Waals surface area contributed by atoms with Crippen LogP contribution in [0.4, 0.5) is 11.6 Å². The first kappa shape index (κ1) is 12.0. The Bertz CT molecular complexity index is 767. The molecule has 0 aliphatic rings. The van der Waals surface area contributed by atoms with Gasteiger partial charge in [0.1, 0.15) is 12.9 Å². The van der Waals surface area contributed by atoms with Gasteiger partial charge in [-0.1, -0.05) is 0 Å². The average Bonchev–Trinajstić information content (AvgIpc) is 2.83. The van der Waals surface area contributed by atoms with Crippen molar-refractivity contribution in [1.82, 2.24) is 24.7 Å². The van der Waals surface area contributed by atoms with E-state index in [1.165, 1.54) is 11.0 Å². The highest BCUT2D eigenvalue weighted by Gasteiger charge is 2.06. The van der Waals surface area contributed by atoms with Crippen molar-refractivity contribution < 1.29 is 4.79 Å². The number of hydrogen-bond acceptors (Lipinski definition) is 6. The molecule has 0 bridgehead atoms. The molecule has 0 unspecified atom stereocenters. The van der Waals surface area contributed by atoms with Gasteiger partial charge in [0.25, 0.3) is 0 Å². The molecule has 0 atom stereocenters. The number of amides is 1. The maximum atomic E-state index is 11.9. The lowest BCUT2D eigenvalue weighted by Crippen LogP contribution is -2.19. The predicted octanol–water partition coefficient (Wildman–Crippen LogP) is 0.442. The number of nitrogen functional groups attached to an aromatic ring is 1. The fourth-order valence-corrected chi connectivity index (χ4v) is 1.77. The molecular formula is C12H11N7O. The first-order valence-corrected chi connectivity index (χ1v) is 5.86. The van der Waals surface area contributed by atoms with Crippen LogP contribution in [0.2, 0.25) is 0 Å². The monoisotopic (exact) mass is 269 g/mol. The summed E-state index contributed by atoms with van der Waals surface area (Å²) >= 11 is 0. The summed E-state index contributed by atoms with van der Waals surface area (Å²) in [6.07, 6.45) is 4.63. The van der Waals surface area contributed by atoms with Crippen LogP contribution >= 0.6 is 0 Å². The van der Waals surface area contributed by atoms with Gasteiger partial charge in [-0.15, -0.1) is 5.10 Å². The van der Waals surface area contributed by atoms with Crippen molar-refractivity contribution in [2.75, 3.05) is 11.1 Å². The van der Waals surface area contributed by atoms with Crippen molar-refractivity contribution in [3.63, 3.8) is 0 Å². The van der Waals surface area contributed by atoms with E-state index >= 15 is 0 Å². The van der Waals surface area contributed by atoms with Gasteiger partial charge in [0, 0.05) is 18.1 Å². The third kappa shape index (κ3) is 2.53. The average molecular weight is 269 g/mol. The molecule has 1 aromatic carbocycles. The van der Waals surface area contributed by atoms with Crippen molar-refractivity contribution in [2.45, 2.75) is 6.54 Å². The normalized spacial score (nSPS) is 10.6. The second-order valence-electron chi connectivity index (χ2n) is 4.11. The lowest BCUT2D eigenvalue weighted by Gasteiger charge is -2.05. The smallest absolute Gasteiger partial charge is 0.246 e. The van der Waals surface area contributed by atoms with E-state index in [0.29, 0.717) is 5.69 Å². The molecule has 3 rings (SSSR count). The van der Waals surface area contributed by atoms with Crippen molar-refractivity contribution in [3.05, 3.63) is 36.9 Å². The van der Waals surface area contributed by atoms with E-state index in [0.717, 1.165) is 11.0 Å². The third-order valence-corrected chi connectivity index (χ3v) is 2.61. The van der Waals surface area contributed by atoms with Crippen LogP contribution in [0.3, 0.4) is 0 Å². The Morgan fingerprint density at radius 3 is 2.75 bits per heavy atom. The van der Waals surface area contributed by atoms with Crippen LogP contribution in [-0.4, -0.2) is 30.6 Å². The maximum absolute atomic E-state index is 11.9. The molecule has 0 spiro atoms. The number of anilines is 2. The SMILES string of the molecule is Nc1ncn(CC(=O)Nc2ccc3nccnc3c2)n1. The highest BCUT2D eigenvalue weighted by molar-refractivity contribution is 5.92. The summed E-state index contributed by atoms with van der Waals surface area (Å²) in [6.45, 7) is 0.0444. The van der Waals surface area contributed by atoms with Gasteiger partial charge in [-0.2, -0.15) is 0 Å². The number of aromatic nitrogens is 5. The third-order valence-electron chi connectivity index (χ3n) is 2.61. The predicted molar refractivity (Wildman–Crippen MR) is 72.6 cm³/mol. The molecule has 2 aromatic heterocycles. The first-order chi connectivity index (χ1) is 9.70. The van der Waals surface area contributed by atoms with Crippen molar-refractivity contribution in [3.8, 4) is 0 Å². The van der Waals surface area contributed by atoms with Crippen LogP contribution in [-0.2, 0) is 11.3 Å². The minimum absolute atomic E-state index is 0.0444. The van der Waals surface area contributed by atoms with E-state index in [9.17, 15) is 4.79 Å². The van der Waals surface area contributed by atoms with E-state index in [4.69, 9.17) is 5.73 Å². The van der Waals surface area contributed by atoms with E-state index in [1.54, 1.807) is 30.6 Å². The summed E-state index contributed by atoms with van der Waals surface area (Å²) in [7, 11) is 0. The Morgan fingerprint density at radius 2 is 2.00 bits per heavy atom. The summed E-state index contributed by atoms with van der Waals surface area (Å²) in [5.41, 5.74) is 7.52. The van der Waals surface area contributed by atoms with Crippen LogP contribution < -0.4 is 11.1 Å². The van der Waals surface area contributed by atoms with Gasteiger partial charge in [-0.05, 0) is 18.2 Å². The minimum Gasteiger partial charge on any atom is -0.367 e. The van der Waals surface area contributed by atoms with Gasteiger partial charge in [-0.25, -0.2) is 9.67 Å². The van der Waals surface area contributed by atoms with Crippen molar-refractivity contribution in [2.24, 2.45) is 0 Å². The molecule has 0 aliphatic heterocycles. The molecule has 1 amide bonds. The molecule has 0 aliphatic carbocycles. The first-order valence-electron chi connectivity index (χ1n) is 5.86. The van der Waals surface area contributed by atoms with E-state index in [1.807, 2.05) is 0 Å². The molecule has 3 aromatic rings. The molecule has 100 valence electrons. The molecule has 2 heterocycles. The summed E-state index contributed by atoms with van der Waals surface area (Å²) in [6, 6.07) is 5.33. The standard InChI is InChI=1S/C12H11N7O/c13-12-16-7-19(18-12)6-11(20)17-8-1-2-9-10(5-8)15-4-3-14-9/h1-5,7H,6H2,(H2,13,18)(H,17,20). The molecule has 0 saturated carbocycles. The fourth-order valence-electron chi connectivity index (χ4n) is 1.77. The molecule has 3 N–H and O–H groups in total. The van der Waals surface area contributed by atoms with Gasteiger partial charge in [0.15, 0.2) is 0 Å². The van der Waals surface area contributed by atoms with Crippen molar-refractivity contribution in [1.29, 1.82) is 0 Å². The minimum atomic E-state index is -0.224. The molecule has 0 radical (unpaired) electrons. The quantitative estimate of drug-likeness (QED) is 0.713. The number of nitrogens with two attached hydrogens (primary N) is 1. The van der Waals surface area contributed by atoms with Crippen LogP contribution in [0.1, 0.15) is 0 Å². The zero-order chi connectivity index (χ0) is 13.9. The summed E-state index contributed by atoms with van der Waals surface area (Å²) in [4.78, 5) is 23.9. The van der Waals surface area contributed by atoms with Crippen LogP contribution in [0.15, 0.2) is 36.9 Å². The zero-order valence-corrected chi connectivity index (χ0v) is 10.4. The Kier molecular flexibility index (Phi) is 2.96.